The molecule has 0 amide bonds. The lowest BCUT2D eigenvalue weighted by molar-refractivity contribution is 1.22. The maximum atomic E-state index is 3.40. The first-order chi connectivity index (χ1) is 4.33. The third kappa shape index (κ3) is 2.40. The smallest absolute Gasteiger partial charge is 0.0285 e. The lowest BCUT2D eigenvalue weighted by Gasteiger charge is -1.85. The minimum Gasteiger partial charge on any atom is -0.148 e. The Morgan fingerprint density at radius 3 is 2.78 bits per heavy atom. The molecule has 0 radical (unpaired) electrons. The van der Waals surface area contributed by atoms with Gasteiger partial charge in [0.1, 0.15) is 0 Å². The van der Waals surface area contributed by atoms with E-state index in [1.807, 2.05) is 0 Å². The largest absolute Gasteiger partial charge is 0.148 e. The number of aryl methyl sites for hydroxylation is 1. The van der Waals surface area contributed by atoms with Crippen LogP contribution in [0.2, 0.25) is 0 Å². The third-order valence-electron chi connectivity index (χ3n) is 0.963. The second kappa shape index (κ2) is 3.74. The summed E-state index contributed by atoms with van der Waals surface area (Å²) in [5.41, 5.74) is 0. The zero-order valence-corrected chi connectivity index (χ0v) is 8.72. The zero-order valence-electron chi connectivity index (χ0n) is 4.73. The van der Waals surface area contributed by atoms with Gasteiger partial charge in [-0.05, 0) is 28.4 Å². The maximum absolute atomic E-state index is 3.40. The minimum absolute atomic E-state index is 1.06. The fourth-order valence-electron chi connectivity index (χ4n) is 0.578. The molecule has 0 fully saturated rings. The molecule has 1 aromatic heterocycles. The van der Waals surface area contributed by atoms with Crippen molar-refractivity contribution in [3.63, 3.8) is 0 Å². The van der Waals surface area contributed by atoms with Crippen molar-refractivity contribution in [2.45, 2.75) is 6.42 Å². The molecule has 0 aliphatic rings. The first-order valence-electron chi connectivity index (χ1n) is 2.62. The van der Waals surface area contributed by atoms with Crippen molar-refractivity contribution in [3.8, 4) is 0 Å². The van der Waals surface area contributed by atoms with Gasteiger partial charge in [0, 0.05) is 20.1 Å². The van der Waals surface area contributed by atoms with Gasteiger partial charge in [0.15, 0.2) is 0 Å². The molecule has 0 aliphatic heterocycles. The summed E-state index contributed by atoms with van der Waals surface area (Å²) in [4.78, 5) is 1.43. The Hall–Kier alpha value is 0.660. The van der Waals surface area contributed by atoms with E-state index in [0.29, 0.717) is 0 Å². The van der Waals surface area contributed by atoms with Crippen molar-refractivity contribution >= 4 is 43.2 Å². The molecule has 1 rings (SSSR count). The van der Waals surface area contributed by atoms with Crippen molar-refractivity contribution < 1.29 is 0 Å². The molecule has 0 nitrogen and oxygen atoms in total. The fourth-order valence-corrected chi connectivity index (χ4v) is 2.72. The van der Waals surface area contributed by atoms with Gasteiger partial charge in [0.05, 0.1) is 0 Å². The third-order valence-corrected chi connectivity index (χ3v) is 3.12. The van der Waals surface area contributed by atoms with Crippen LogP contribution in [0.15, 0.2) is 15.9 Å². The minimum atomic E-state index is 1.06. The molecule has 3 heteroatoms. The van der Waals surface area contributed by atoms with Gasteiger partial charge in [-0.1, -0.05) is 15.9 Å². The Kier molecular flexibility index (Phi) is 3.22. The molecule has 50 valence electrons. The van der Waals surface area contributed by atoms with Gasteiger partial charge in [0.2, 0.25) is 0 Å². The summed E-state index contributed by atoms with van der Waals surface area (Å²) >= 11 is 8.58. The van der Waals surface area contributed by atoms with Crippen LogP contribution in [-0.4, -0.2) is 5.33 Å². The van der Waals surface area contributed by atoms with Crippen molar-refractivity contribution in [2.24, 2.45) is 0 Å². The summed E-state index contributed by atoms with van der Waals surface area (Å²) in [5, 5.41) is 3.16. The highest BCUT2D eigenvalue weighted by molar-refractivity contribution is 9.10. The molecule has 0 spiro atoms. The molecule has 1 aromatic rings. The number of alkyl halides is 1. The highest BCUT2D eigenvalue weighted by atomic mass is 79.9. The Morgan fingerprint density at radius 1 is 1.56 bits per heavy atom. The Bertz CT molecular complexity index is 183. The summed E-state index contributed by atoms with van der Waals surface area (Å²) in [6.45, 7) is 0. The van der Waals surface area contributed by atoms with Gasteiger partial charge in [-0.15, -0.1) is 11.3 Å². The van der Waals surface area contributed by atoms with Crippen LogP contribution in [0.5, 0.6) is 0 Å². The lowest BCUT2D eigenvalue weighted by atomic mass is 10.4. The van der Waals surface area contributed by atoms with Gasteiger partial charge in [-0.3, -0.25) is 0 Å². The predicted molar refractivity (Wildman–Crippen MR) is 49.5 cm³/mol. The van der Waals surface area contributed by atoms with Crippen LogP contribution < -0.4 is 0 Å². The summed E-state index contributed by atoms with van der Waals surface area (Å²) in [5.74, 6) is 0. The average Bonchev–Trinajstić information content (AvgIpc) is 2.17. The summed E-state index contributed by atoms with van der Waals surface area (Å²) in [6, 6.07) is 2.16. The summed E-state index contributed by atoms with van der Waals surface area (Å²) < 4.78 is 1.20. The van der Waals surface area contributed by atoms with Crippen LogP contribution >= 0.6 is 43.2 Å². The van der Waals surface area contributed by atoms with E-state index < -0.39 is 0 Å². The molecule has 0 N–H and O–H groups in total. The normalized spacial score (nSPS) is 10.0. The van der Waals surface area contributed by atoms with Crippen LogP contribution in [0.25, 0.3) is 0 Å². The predicted octanol–water partition coefficient (Wildman–Crippen LogP) is 3.45. The van der Waals surface area contributed by atoms with E-state index >= 15 is 0 Å². The van der Waals surface area contributed by atoms with Crippen LogP contribution in [0, 0.1) is 0 Å². The molecule has 0 unspecified atom stereocenters. The van der Waals surface area contributed by atoms with Crippen LogP contribution in [0.3, 0.4) is 0 Å². The van der Waals surface area contributed by atoms with Crippen LogP contribution in [-0.2, 0) is 6.42 Å². The number of thiophene rings is 1. The van der Waals surface area contributed by atoms with Crippen molar-refractivity contribution in [3.05, 3.63) is 20.8 Å². The van der Waals surface area contributed by atoms with Gasteiger partial charge in [0.25, 0.3) is 0 Å². The van der Waals surface area contributed by atoms with E-state index in [9.17, 15) is 0 Å². The van der Waals surface area contributed by atoms with E-state index in [1.54, 1.807) is 11.3 Å². The van der Waals surface area contributed by atoms with E-state index in [4.69, 9.17) is 0 Å². The highest BCUT2D eigenvalue weighted by Crippen LogP contribution is 2.20. The molecule has 0 aromatic carbocycles. The van der Waals surface area contributed by atoms with Crippen molar-refractivity contribution in [2.75, 3.05) is 5.33 Å². The first-order valence-corrected chi connectivity index (χ1v) is 5.41. The van der Waals surface area contributed by atoms with Crippen LogP contribution in [0.4, 0.5) is 0 Å². The molecular weight excluding hydrogens is 264 g/mol. The second-order valence-corrected chi connectivity index (χ2v) is 4.37. The number of hydrogen-bond donors (Lipinski definition) is 0. The monoisotopic (exact) mass is 268 g/mol. The Labute approximate surface area is 75.5 Å². The maximum Gasteiger partial charge on any atom is 0.0285 e. The molecule has 9 heavy (non-hydrogen) atoms. The Balaban J connectivity index is 2.61. The summed E-state index contributed by atoms with van der Waals surface area (Å²) in [6.07, 6.45) is 1.14. The van der Waals surface area contributed by atoms with Gasteiger partial charge >= 0.3 is 0 Å². The first kappa shape index (κ1) is 7.76. The Morgan fingerprint density at radius 2 is 2.33 bits per heavy atom. The molecule has 0 saturated carbocycles. The average molecular weight is 270 g/mol. The molecule has 0 aliphatic carbocycles. The van der Waals surface area contributed by atoms with Crippen molar-refractivity contribution in [1.82, 2.24) is 0 Å². The fraction of sp³-hybridized carbons (Fsp3) is 0.333. The van der Waals surface area contributed by atoms with Gasteiger partial charge in [-0.25, -0.2) is 0 Å². The zero-order chi connectivity index (χ0) is 6.69. The lowest BCUT2D eigenvalue weighted by Crippen LogP contribution is -1.76. The second-order valence-electron chi connectivity index (χ2n) is 1.67. The number of rotatable bonds is 2. The molecule has 0 bridgehead atoms. The van der Waals surface area contributed by atoms with E-state index in [0.717, 1.165) is 11.8 Å². The topological polar surface area (TPSA) is 0 Å². The standard InChI is InChI=1S/C6H6Br2S/c7-2-1-6-3-5(8)4-9-6/h3-4H,1-2H2. The summed E-state index contributed by atoms with van der Waals surface area (Å²) in [7, 11) is 0. The number of halogens is 2. The van der Waals surface area contributed by atoms with Gasteiger partial charge < -0.3 is 0 Å². The molecule has 1 heterocycles. The van der Waals surface area contributed by atoms with Crippen LogP contribution in [0.1, 0.15) is 4.88 Å². The van der Waals surface area contributed by atoms with Gasteiger partial charge in [-0.2, -0.15) is 0 Å². The van der Waals surface area contributed by atoms with E-state index in [2.05, 4.69) is 43.3 Å². The molecule has 0 saturated heterocycles. The van der Waals surface area contributed by atoms with E-state index in [1.165, 1.54) is 9.35 Å². The number of hydrogen-bond acceptors (Lipinski definition) is 1. The molecular formula is C6H6Br2S. The van der Waals surface area contributed by atoms with Crippen molar-refractivity contribution in [1.29, 1.82) is 0 Å². The quantitative estimate of drug-likeness (QED) is 0.722. The SMILES string of the molecule is BrCCc1cc(Br)cs1. The molecule has 0 atom stereocenters. The van der Waals surface area contributed by atoms with E-state index in [-0.39, 0.29) is 0 Å². The highest BCUT2D eigenvalue weighted by Gasteiger charge is 1.94.